The lowest BCUT2D eigenvalue weighted by Gasteiger charge is -2.35. The summed E-state index contributed by atoms with van der Waals surface area (Å²) in [5.74, 6) is 2.49. The van der Waals surface area contributed by atoms with Gasteiger partial charge in [-0.15, -0.1) is 0 Å². The average Bonchev–Trinajstić information content (AvgIpc) is 3.78. The van der Waals surface area contributed by atoms with E-state index >= 15 is 0 Å². The molecule has 3 heterocycles. The molecule has 5 heteroatoms. The summed E-state index contributed by atoms with van der Waals surface area (Å²) in [5, 5.41) is 2.36. The van der Waals surface area contributed by atoms with E-state index in [0.717, 1.165) is 34.0 Å². The first-order chi connectivity index (χ1) is 27.4. The molecule has 0 saturated heterocycles. The third-order valence-corrected chi connectivity index (χ3v) is 11.8. The largest absolute Gasteiger partial charge is 0.457 e. The third kappa shape index (κ3) is 7.39. The van der Waals surface area contributed by atoms with E-state index < -0.39 is 0 Å². The van der Waals surface area contributed by atoms with Crippen molar-refractivity contribution in [2.75, 3.05) is 16.5 Å². The van der Waals surface area contributed by atoms with Gasteiger partial charge < -0.3 is 14.5 Å². The second-order valence-electron chi connectivity index (χ2n) is 19.6. The van der Waals surface area contributed by atoms with Crippen molar-refractivity contribution in [3.63, 3.8) is 0 Å². The molecule has 7 aromatic rings. The van der Waals surface area contributed by atoms with Crippen LogP contribution >= 0.6 is 0 Å². The standard InChI is InChI=1S/C53H58N4O/c1-50(2,3)37-20-17-21-40(28-37)55-34-48(53(10,11)36-18-13-12-14-19-36)56(35-55)41-29-39(52(7,8)9)30-43(32-41)58-42-24-25-45-44-22-15-16-23-46(44)57(47(45)33-42)49-31-38(26-27-54-49)51(4,5)6/h12-34H,35H2,1-11H3. The molecule has 1 aliphatic heterocycles. The summed E-state index contributed by atoms with van der Waals surface area (Å²) in [6.07, 6.45) is 4.29. The van der Waals surface area contributed by atoms with Crippen molar-refractivity contribution < 1.29 is 4.74 Å². The fourth-order valence-electron chi connectivity index (χ4n) is 8.15. The first kappa shape index (κ1) is 39.0. The number of para-hydroxylation sites is 1. The van der Waals surface area contributed by atoms with Gasteiger partial charge in [0, 0.05) is 57.8 Å². The molecule has 0 aliphatic carbocycles. The zero-order valence-corrected chi connectivity index (χ0v) is 36.2. The van der Waals surface area contributed by atoms with Crippen molar-refractivity contribution in [2.24, 2.45) is 0 Å². The van der Waals surface area contributed by atoms with Crippen LogP contribution in [0.4, 0.5) is 11.4 Å². The number of benzene rings is 5. The van der Waals surface area contributed by atoms with Gasteiger partial charge in [0.05, 0.1) is 17.7 Å². The van der Waals surface area contributed by atoms with Crippen LogP contribution in [-0.4, -0.2) is 16.2 Å². The van der Waals surface area contributed by atoms with E-state index in [-0.39, 0.29) is 21.7 Å². The molecule has 2 aromatic heterocycles. The number of pyridine rings is 1. The number of nitrogens with zero attached hydrogens (tertiary/aromatic N) is 4. The monoisotopic (exact) mass is 766 g/mol. The Morgan fingerprint density at radius 2 is 1.14 bits per heavy atom. The molecule has 296 valence electrons. The Kier molecular flexibility index (Phi) is 9.58. The van der Waals surface area contributed by atoms with Crippen molar-refractivity contribution in [1.29, 1.82) is 0 Å². The van der Waals surface area contributed by atoms with Gasteiger partial charge in [0.2, 0.25) is 0 Å². The lowest BCUT2D eigenvalue weighted by Crippen LogP contribution is -2.34. The summed E-state index contributed by atoms with van der Waals surface area (Å²) in [6, 6.07) is 46.0. The van der Waals surface area contributed by atoms with Crippen LogP contribution < -0.4 is 14.5 Å². The fraction of sp³-hybridized carbons (Fsp3) is 0.302. The van der Waals surface area contributed by atoms with E-state index in [9.17, 15) is 0 Å². The van der Waals surface area contributed by atoms with E-state index in [4.69, 9.17) is 9.72 Å². The molecule has 0 fully saturated rings. The summed E-state index contributed by atoms with van der Waals surface area (Å²) in [6.45, 7) is 25.7. The van der Waals surface area contributed by atoms with Gasteiger partial charge in [0.1, 0.15) is 17.3 Å². The van der Waals surface area contributed by atoms with Crippen LogP contribution in [0.3, 0.4) is 0 Å². The van der Waals surface area contributed by atoms with Gasteiger partial charge >= 0.3 is 0 Å². The van der Waals surface area contributed by atoms with Crippen molar-refractivity contribution in [1.82, 2.24) is 9.55 Å². The average molecular weight is 767 g/mol. The Balaban J connectivity index is 1.24. The number of ether oxygens (including phenoxy) is 1. The van der Waals surface area contributed by atoms with Crippen LogP contribution in [0.15, 0.2) is 145 Å². The summed E-state index contributed by atoms with van der Waals surface area (Å²) in [4.78, 5) is 9.78. The Hall–Kier alpha value is -5.81. The quantitative estimate of drug-likeness (QED) is 0.162. The number of anilines is 2. The van der Waals surface area contributed by atoms with Crippen molar-refractivity contribution >= 4 is 33.2 Å². The minimum absolute atomic E-state index is 0.00526. The van der Waals surface area contributed by atoms with Gasteiger partial charge in [0.25, 0.3) is 0 Å². The number of aromatic nitrogens is 2. The summed E-state index contributed by atoms with van der Waals surface area (Å²) < 4.78 is 9.24. The number of hydrogen-bond donors (Lipinski definition) is 0. The predicted molar refractivity (Wildman–Crippen MR) is 245 cm³/mol. The Morgan fingerprint density at radius 3 is 1.86 bits per heavy atom. The first-order valence-corrected chi connectivity index (χ1v) is 20.6. The predicted octanol–water partition coefficient (Wildman–Crippen LogP) is 14.0. The molecule has 0 unspecified atom stereocenters. The molecule has 0 amide bonds. The van der Waals surface area contributed by atoms with Gasteiger partial charge in [-0.05, 0) is 93.1 Å². The van der Waals surface area contributed by atoms with E-state index in [1.807, 2.05) is 6.20 Å². The minimum Gasteiger partial charge on any atom is -0.457 e. The molecule has 0 spiro atoms. The maximum Gasteiger partial charge on any atom is 0.137 e. The molecule has 58 heavy (non-hydrogen) atoms. The van der Waals surface area contributed by atoms with E-state index in [1.165, 1.54) is 44.4 Å². The molecule has 5 aromatic carbocycles. The SMILES string of the molecule is CC(C)(C)c1cccc(N2C=C(C(C)(C)c3ccccc3)N(c3cc(Oc4ccc5c6ccccc6n(-c6cc(C(C)(C)C)ccn6)c5c4)cc(C(C)(C)C)c3)C2)c1. The van der Waals surface area contributed by atoms with Crippen molar-refractivity contribution in [3.05, 3.63) is 168 Å². The fourth-order valence-corrected chi connectivity index (χ4v) is 8.15. The molecule has 0 atom stereocenters. The maximum atomic E-state index is 6.96. The smallest absolute Gasteiger partial charge is 0.137 e. The number of allylic oxidation sites excluding steroid dienone is 1. The summed E-state index contributed by atoms with van der Waals surface area (Å²) >= 11 is 0. The highest BCUT2D eigenvalue weighted by Gasteiger charge is 2.36. The van der Waals surface area contributed by atoms with E-state index in [1.54, 1.807) is 0 Å². The van der Waals surface area contributed by atoms with Gasteiger partial charge in [0.15, 0.2) is 0 Å². The second-order valence-corrected chi connectivity index (χ2v) is 19.6. The molecule has 5 nitrogen and oxygen atoms in total. The highest BCUT2D eigenvalue weighted by Crippen LogP contribution is 2.44. The zero-order valence-electron chi connectivity index (χ0n) is 36.2. The number of fused-ring (bicyclic) bond motifs is 3. The van der Waals surface area contributed by atoms with Gasteiger partial charge in [-0.2, -0.15) is 0 Å². The Labute approximate surface area is 345 Å². The Bertz CT molecular complexity index is 2660. The molecular formula is C53H58N4O. The minimum atomic E-state index is -0.285. The normalized spacial score (nSPS) is 14.1. The first-order valence-electron chi connectivity index (χ1n) is 20.6. The van der Waals surface area contributed by atoms with Gasteiger partial charge in [-0.25, -0.2) is 4.98 Å². The highest BCUT2D eigenvalue weighted by atomic mass is 16.5. The number of rotatable bonds is 7. The molecule has 8 rings (SSSR count). The van der Waals surface area contributed by atoms with Crippen LogP contribution in [-0.2, 0) is 21.7 Å². The molecular weight excluding hydrogens is 709 g/mol. The van der Waals surface area contributed by atoms with Crippen molar-refractivity contribution in [3.8, 4) is 17.3 Å². The van der Waals surface area contributed by atoms with Crippen molar-refractivity contribution in [2.45, 2.75) is 97.8 Å². The topological polar surface area (TPSA) is 33.5 Å². The highest BCUT2D eigenvalue weighted by molar-refractivity contribution is 6.09. The van der Waals surface area contributed by atoms with Crippen LogP contribution in [0.5, 0.6) is 11.5 Å². The molecule has 0 radical (unpaired) electrons. The van der Waals surface area contributed by atoms with Gasteiger partial charge in [-0.3, -0.25) is 4.57 Å². The lowest BCUT2D eigenvalue weighted by molar-refractivity contribution is 0.479. The number of hydrogen-bond acceptors (Lipinski definition) is 4. The lowest BCUT2D eigenvalue weighted by atomic mass is 9.81. The Morgan fingerprint density at radius 1 is 0.500 bits per heavy atom. The zero-order chi connectivity index (χ0) is 41.2. The van der Waals surface area contributed by atoms with E-state index in [0.29, 0.717) is 6.67 Å². The molecule has 0 bridgehead atoms. The van der Waals surface area contributed by atoms with Gasteiger partial charge in [-0.1, -0.05) is 137 Å². The molecule has 0 saturated carbocycles. The summed E-state index contributed by atoms with van der Waals surface area (Å²) in [7, 11) is 0. The molecule has 1 aliphatic rings. The van der Waals surface area contributed by atoms with Crippen LogP contribution in [0.1, 0.15) is 98.4 Å². The summed E-state index contributed by atoms with van der Waals surface area (Å²) in [5.41, 5.74) is 10.4. The third-order valence-electron chi connectivity index (χ3n) is 11.8. The molecule has 0 N–H and O–H groups in total. The van der Waals surface area contributed by atoms with Crippen LogP contribution in [0.25, 0.3) is 27.6 Å². The second kappa shape index (κ2) is 14.2. The van der Waals surface area contributed by atoms with E-state index in [2.05, 4.69) is 224 Å². The maximum absolute atomic E-state index is 6.96. The van der Waals surface area contributed by atoms with Crippen LogP contribution in [0, 0.1) is 0 Å². The van der Waals surface area contributed by atoms with Crippen LogP contribution in [0.2, 0.25) is 0 Å².